The van der Waals surface area contributed by atoms with E-state index in [1.54, 1.807) is 29.5 Å². The molecule has 2 aromatic carbocycles. The molecule has 0 saturated carbocycles. The van der Waals surface area contributed by atoms with E-state index in [0.717, 1.165) is 58.3 Å². The van der Waals surface area contributed by atoms with Crippen LogP contribution in [0.1, 0.15) is 6.42 Å². The highest BCUT2D eigenvalue weighted by molar-refractivity contribution is 6.04. The lowest BCUT2D eigenvalue weighted by Crippen LogP contribution is -2.37. The average molecular weight is 501 g/mol. The smallest absolute Gasteiger partial charge is 0.328 e. The van der Waals surface area contributed by atoms with Gasteiger partial charge in [-0.3, -0.25) is 19.0 Å². The highest BCUT2D eigenvalue weighted by Crippen LogP contribution is 2.34. The van der Waals surface area contributed by atoms with Gasteiger partial charge in [0.15, 0.2) is 0 Å². The summed E-state index contributed by atoms with van der Waals surface area (Å²) in [4.78, 5) is 36.7. The summed E-state index contributed by atoms with van der Waals surface area (Å²) in [7, 11) is 7.57. The second-order valence-corrected chi connectivity index (χ2v) is 10.3. The van der Waals surface area contributed by atoms with Gasteiger partial charge < -0.3 is 14.5 Å². The van der Waals surface area contributed by atoms with Crippen LogP contribution in [0.4, 0.5) is 10.5 Å². The number of urea groups is 1. The van der Waals surface area contributed by atoms with Crippen LogP contribution in [0.3, 0.4) is 0 Å². The van der Waals surface area contributed by atoms with Gasteiger partial charge in [0.1, 0.15) is 0 Å². The Bertz CT molecular complexity index is 1550. The SMILES string of the molecule is COCCn1c(=O)n(C)c2cnc3ccc(-c4ccc(N5C[C@@H]6C[C@H](N(C)C)CN6C5=O)cc4)cc3c21. The van der Waals surface area contributed by atoms with E-state index in [1.807, 2.05) is 28.0 Å². The van der Waals surface area contributed by atoms with Gasteiger partial charge in [-0.25, -0.2) is 9.59 Å². The van der Waals surface area contributed by atoms with Crippen molar-refractivity contribution in [3.63, 3.8) is 0 Å². The number of rotatable bonds is 6. The van der Waals surface area contributed by atoms with Gasteiger partial charge >= 0.3 is 11.7 Å². The van der Waals surface area contributed by atoms with Gasteiger partial charge in [-0.1, -0.05) is 18.2 Å². The first-order chi connectivity index (χ1) is 17.9. The molecule has 0 unspecified atom stereocenters. The molecule has 0 bridgehead atoms. The molecule has 2 amide bonds. The van der Waals surface area contributed by atoms with E-state index < -0.39 is 0 Å². The zero-order valence-corrected chi connectivity index (χ0v) is 21.7. The molecule has 9 heteroatoms. The number of ether oxygens (including phenoxy) is 1. The van der Waals surface area contributed by atoms with Crippen LogP contribution in [0.2, 0.25) is 0 Å². The Balaban J connectivity index is 1.32. The van der Waals surface area contributed by atoms with Gasteiger partial charge in [0, 0.05) is 44.4 Å². The largest absolute Gasteiger partial charge is 0.383 e. The molecule has 9 nitrogen and oxygen atoms in total. The summed E-state index contributed by atoms with van der Waals surface area (Å²) in [6.07, 6.45) is 2.78. The third kappa shape index (κ3) is 3.81. The summed E-state index contributed by atoms with van der Waals surface area (Å²) in [6, 6.07) is 15.1. The molecule has 0 aliphatic carbocycles. The van der Waals surface area contributed by atoms with Crippen molar-refractivity contribution >= 4 is 33.7 Å². The first-order valence-corrected chi connectivity index (χ1v) is 12.7. The maximum Gasteiger partial charge on any atom is 0.328 e. The molecule has 0 spiro atoms. The summed E-state index contributed by atoms with van der Waals surface area (Å²) in [5, 5.41) is 0.929. The lowest BCUT2D eigenvalue weighted by Gasteiger charge is -2.22. The van der Waals surface area contributed by atoms with E-state index >= 15 is 0 Å². The molecule has 2 aromatic heterocycles. The van der Waals surface area contributed by atoms with Crippen molar-refractivity contribution in [3.8, 4) is 11.1 Å². The minimum atomic E-state index is -0.0798. The molecule has 2 atom stereocenters. The number of aryl methyl sites for hydroxylation is 1. The second kappa shape index (κ2) is 9.00. The first kappa shape index (κ1) is 23.7. The fourth-order valence-corrected chi connectivity index (χ4v) is 5.81. The van der Waals surface area contributed by atoms with E-state index in [0.29, 0.717) is 19.2 Å². The number of hydrogen-bond donors (Lipinski definition) is 0. The van der Waals surface area contributed by atoms with Crippen molar-refractivity contribution in [2.24, 2.45) is 7.05 Å². The molecule has 0 radical (unpaired) electrons. The molecule has 37 heavy (non-hydrogen) atoms. The predicted octanol–water partition coefficient (Wildman–Crippen LogP) is 3.15. The Morgan fingerprint density at radius 1 is 1.05 bits per heavy atom. The Labute approximate surface area is 215 Å². The van der Waals surface area contributed by atoms with E-state index in [4.69, 9.17) is 4.74 Å². The lowest BCUT2D eigenvalue weighted by atomic mass is 10.0. The number of hydrogen-bond acceptors (Lipinski definition) is 5. The highest BCUT2D eigenvalue weighted by Gasteiger charge is 2.44. The molecule has 192 valence electrons. The van der Waals surface area contributed by atoms with Crippen molar-refractivity contribution in [1.29, 1.82) is 0 Å². The number of imidazole rings is 1. The van der Waals surface area contributed by atoms with Crippen molar-refractivity contribution in [2.75, 3.05) is 45.8 Å². The van der Waals surface area contributed by atoms with Crippen LogP contribution in [0.5, 0.6) is 0 Å². The van der Waals surface area contributed by atoms with Crippen molar-refractivity contribution in [3.05, 3.63) is 59.1 Å². The number of likely N-dealkylation sites (N-methyl/N-ethyl adjacent to an activating group) is 1. The predicted molar refractivity (Wildman–Crippen MR) is 145 cm³/mol. The summed E-state index contributed by atoms with van der Waals surface area (Å²) >= 11 is 0. The van der Waals surface area contributed by atoms with Crippen LogP contribution in [0.25, 0.3) is 33.1 Å². The summed E-state index contributed by atoms with van der Waals surface area (Å²) in [5.74, 6) is 0. The summed E-state index contributed by atoms with van der Waals surface area (Å²) < 4.78 is 8.65. The van der Waals surface area contributed by atoms with Crippen molar-refractivity contribution in [2.45, 2.75) is 25.0 Å². The number of fused-ring (bicyclic) bond motifs is 4. The van der Waals surface area contributed by atoms with Gasteiger partial charge in [-0.05, 0) is 55.9 Å². The molecule has 4 aromatic rings. The number of pyridine rings is 1. The van der Waals surface area contributed by atoms with Crippen molar-refractivity contribution < 1.29 is 9.53 Å². The number of aromatic nitrogens is 3. The molecule has 2 aliphatic heterocycles. The molecular weight excluding hydrogens is 468 g/mol. The third-order valence-corrected chi connectivity index (χ3v) is 7.99. The Hall–Kier alpha value is -3.69. The maximum atomic E-state index is 13.1. The number of methoxy groups -OCH3 is 1. The topological polar surface area (TPSA) is 75.8 Å². The minimum absolute atomic E-state index is 0.0798. The molecule has 0 N–H and O–H groups in total. The fraction of sp³-hybridized carbons (Fsp3) is 0.393. The number of amides is 2. The number of carbonyl (C=O) groups excluding carboxylic acids is 1. The van der Waals surface area contributed by atoms with Crippen LogP contribution in [-0.4, -0.2) is 82.9 Å². The van der Waals surface area contributed by atoms with Gasteiger partial charge in [-0.15, -0.1) is 0 Å². The molecular formula is C28H32N6O3. The van der Waals surface area contributed by atoms with E-state index in [1.165, 1.54) is 0 Å². The van der Waals surface area contributed by atoms with Crippen LogP contribution in [0, 0.1) is 0 Å². The van der Waals surface area contributed by atoms with Gasteiger partial charge in [-0.2, -0.15) is 0 Å². The van der Waals surface area contributed by atoms with Crippen LogP contribution >= 0.6 is 0 Å². The number of anilines is 1. The molecule has 4 heterocycles. The van der Waals surface area contributed by atoms with Crippen LogP contribution in [0.15, 0.2) is 53.5 Å². The zero-order chi connectivity index (χ0) is 25.8. The van der Waals surface area contributed by atoms with Gasteiger partial charge in [0.05, 0.1) is 41.9 Å². The van der Waals surface area contributed by atoms with Gasteiger partial charge in [0.2, 0.25) is 0 Å². The monoisotopic (exact) mass is 500 g/mol. The van der Waals surface area contributed by atoms with Crippen LogP contribution < -0.4 is 10.6 Å². The average Bonchev–Trinajstić information content (AvgIpc) is 3.54. The third-order valence-electron chi connectivity index (χ3n) is 7.99. The quantitative estimate of drug-likeness (QED) is 0.407. The number of nitrogens with zero attached hydrogens (tertiary/aromatic N) is 6. The number of carbonyl (C=O) groups is 1. The summed E-state index contributed by atoms with van der Waals surface area (Å²) in [5.41, 5.74) is 5.42. The van der Waals surface area contributed by atoms with Gasteiger partial charge in [0.25, 0.3) is 0 Å². The first-order valence-electron chi connectivity index (χ1n) is 12.7. The van der Waals surface area contributed by atoms with E-state index in [9.17, 15) is 9.59 Å². The number of benzene rings is 2. The Morgan fingerprint density at radius 3 is 2.51 bits per heavy atom. The van der Waals surface area contributed by atoms with E-state index in [-0.39, 0.29) is 17.8 Å². The highest BCUT2D eigenvalue weighted by atomic mass is 16.5. The summed E-state index contributed by atoms with van der Waals surface area (Å²) in [6.45, 7) is 2.45. The lowest BCUT2D eigenvalue weighted by molar-refractivity contribution is 0.187. The zero-order valence-electron chi connectivity index (χ0n) is 21.7. The Kier molecular flexibility index (Phi) is 5.77. The second-order valence-electron chi connectivity index (χ2n) is 10.3. The molecule has 2 fully saturated rings. The van der Waals surface area contributed by atoms with Crippen molar-refractivity contribution in [1.82, 2.24) is 23.9 Å². The fourth-order valence-electron chi connectivity index (χ4n) is 5.81. The van der Waals surface area contributed by atoms with E-state index in [2.05, 4.69) is 48.2 Å². The van der Waals surface area contributed by atoms with Crippen LogP contribution in [-0.2, 0) is 18.3 Å². The standard InChI is InChI=1S/C28H32N6O3/c1-30(2)21-14-22-17-33(28(36)34(22)16-21)20-8-5-18(6-9-20)19-7-10-24-23(13-19)26-25(15-29-24)31(3)27(35)32(26)11-12-37-4/h5-10,13,15,21-22H,11-12,14,16-17H2,1-4H3/t21-,22-/m0/s1. The Morgan fingerprint density at radius 2 is 1.81 bits per heavy atom. The maximum absolute atomic E-state index is 13.1. The molecule has 6 rings (SSSR count). The minimum Gasteiger partial charge on any atom is -0.383 e. The molecule has 2 aliphatic rings. The molecule has 2 saturated heterocycles. The normalized spacial score (nSPS) is 19.6.